The molecule has 0 aliphatic carbocycles. The molecule has 0 spiro atoms. The molecule has 12 heavy (non-hydrogen) atoms. The molecule has 2 aromatic rings. The summed E-state index contributed by atoms with van der Waals surface area (Å²) in [6, 6.07) is 3.96. The fourth-order valence-electron chi connectivity index (χ4n) is 1.18. The Hall–Kier alpha value is -0.950. The fraction of sp³-hybridized carbons (Fsp3) is 0.250. The maximum Gasteiger partial charge on any atom is 0.163 e. The Balaban J connectivity index is 2.88. The topological polar surface area (TPSA) is 30.7 Å². The normalized spacial score (nSPS) is 10.9. The summed E-state index contributed by atoms with van der Waals surface area (Å²) in [6.45, 7) is 3.94. The third-order valence-corrected chi connectivity index (χ3v) is 2.47. The summed E-state index contributed by atoms with van der Waals surface area (Å²) in [5, 5.41) is 0. The van der Waals surface area contributed by atoms with E-state index < -0.39 is 0 Å². The summed E-state index contributed by atoms with van der Waals surface area (Å²) >= 11 is 0. The van der Waals surface area contributed by atoms with Crippen molar-refractivity contribution < 1.29 is 0 Å². The van der Waals surface area contributed by atoms with E-state index >= 15 is 0 Å². The molecule has 0 fully saturated rings. The summed E-state index contributed by atoms with van der Waals surface area (Å²) in [5.41, 5.74) is 2.90. The van der Waals surface area contributed by atoms with Crippen molar-refractivity contribution in [3.05, 3.63) is 23.7 Å². The molecular formula is C8H10N3P. The zero-order valence-corrected chi connectivity index (χ0v) is 8.23. The van der Waals surface area contributed by atoms with Crippen molar-refractivity contribution in [1.29, 1.82) is 0 Å². The molecule has 2 heterocycles. The van der Waals surface area contributed by atoms with Crippen molar-refractivity contribution in [2.45, 2.75) is 13.8 Å². The van der Waals surface area contributed by atoms with Crippen molar-refractivity contribution in [2.75, 3.05) is 0 Å². The Morgan fingerprint density at radius 1 is 1.25 bits per heavy atom. The molecule has 2 rings (SSSR count). The quantitative estimate of drug-likeness (QED) is 0.576. The number of aromatic nitrogens is 3. The van der Waals surface area contributed by atoms with Crippen molar-refractivity contribution in [3.8, 4) is 0 Å². The predicted molar refractivity (Wildman–Crippen MR) is 52.1 cm³/mol. The van der Waals surface area contributed by atoms with Crippen molar-refractivity contribution in [1.82, 2.24) is 14.3 Å². The van der Waals surface area contributed by atoms with Gasteiger partial charge in [-0.1, -0.05) is 0 Å². The van der Waals surface area contributed by atoms with E-state index in [2.05, 4.69) is 19.4 Å². The smallest absolute Gasteiger partial charge is 0.163 e. The van der Waals surface area contributed by atoms with E-state index in [1.54, 1.807) is 0 Å². The van der Waals surface area contributed by atoms with Gasteiger partial charge in [-0.3, -0.25) is 4.34 Å². The highest BCUT2D eigenvalue weighted by molar-refractivity contribution is 7.15. The van der Waals surface area contributed by atoms with Crippen LogP contribution < -0.4 is 0 Å². The first kappa shape index (κ1) is 7.69. The van der Waals surface area contributed by atoms with E-state index in [1.807, 2.05) is 30.3 Å². The SMILES string of the molecule is Cc1ccc2nc(C)n(P)c2n1. The van der Waals surface area contributed by atoms with Crippen molar-refractivity contribution in [2.24, 2.45) is 0 Å². The Labute approximate surface area is 73.1 Å². The molecule has 0 N–H and O–H groups in total. The van der Waals surface area contributed by atoms with Gasteiger partial charge in [-0.2, -0.15) is 0 Å². The first-order valence-corrected chi connectivity index (χ1v) is 4.28. The average molecular weight is 179 g/mol. The van der Waals surface area contributed by atoms with Crippen LogP contribution in [0.3, 0.4) is 0 Å². The molecule has 0 saturated heterocycles. The van der Waals surface area contributed by atoms with Crippen LogP contribution in [0.4, 0.5) is 0 Å². The van der Waals surface area contributed by atoms with Gasteiger partial charge in [0, 0.05) is 5.69 Å². The molecule has 0 aliphatic rings. The summed E-state index contributed by atoms with van der Waals surface area (Å²) in [7, 11) is 2.60. The minimum Gasteiger partial charge on any atom is -0.297 e. The van der Waals surface area contributed by atoms with E-state index in [-0.39, 0.29) is 0 Å². The van der Waals surface area contributed by atoms with Crippen LogP contribution in [0, 0.1) is 13.8 Å². The highest BCUT2D eigenvalue weighted by Crippen LogP contribution is 2.15. The first-order valence-electron chi connectivity index (χ1n) is 3.76. The predicted octanol–water partition coefficient (Wildman–Crippen LogP) is 1.69. The average Bonchev–Trinajstić information content (AvgIpc) is 2.31. The van der Waals surface area contributed by atoms with Crippen molar-refractivity contribution in [3.63, 3.8) is 0 Å². The number of fused-ring (bicyclic) bond motifs is 1. The van der Waals surface area contributed by atoms with Gasteiger partial charge in [0.1, 0.15) is 11.3 Å². The highest BCUT2D eigenvalue weighted by atomic mass is 31.0. The molecule has 0 aromatic carbocycles. The number of imidazole rings is 1. The highest BCUT2D eigenvalue weighted by Gasteiger charge is 2.03. The molecule has 1 unspecified atom stereocenters. The maximum atomic E-state index is 4.38. The zero-order chi connectivity index (χ0) is 8.72. The van der Waals surface area contributed by atoms with Crippen molar-refractivity contribution >= 4 is 20.6 Å². The largest absolute Gasteiger partial charge is 0.297 e. The number of hydrogen-bond donors (Lipinski definition) is 0. The van der Waals surface area contributed by atoms with Gasteiger partial charge in [0.05, 0.1) is 0 Å². The van der Waals surface area contributed by atoms with Gasteiger partial charge >= 0.3 is 0 Å². The van der Waals surface area contributed by atoms with E-state index in [0.29, 0.717) is 0 Å². The minimum absolute atomic E-state index is 0.928. The van der Waals surface area contributed by atoms with Crippen LogP contribution in [0.2, 0.25) is 0 Å². The second-order valence-electron chi connectivity index (χ2n) is 2.82. The molecule has 0 aliphatic heterocycles. The standard InChI is InChI=1S/C8H10N3P/c1-5-3-4-7-8(9-5)11(12)6(2)10-7/h3-4H,12H2,1-2H3. The minimum atomic E-state index is 0.928. The van der Waals surface area contributed by atoms with Crippen LogP contribution in [-0.4, -0.2) is 14.3 Å². The number of hydrogen-bond acceptors (Lipinski definition) is 2. The molecule has 2 aromatic heterocycles. The molecule has 0 saturated carbocycles. The Bertz CT molecular complexity index is 433. The maximum absolute atomic E-state index is 4.38. The summed E-state index contributed by atoms with van der Waals surface area (Å²) in [5.74, 6) is 0.966. The third-order valence-electron chi connectivity index (χ3n) is 1.85. The molecule has 0 amide bonds. The summed E-state index contributed by atoms with van der Waals surface area (Å²) in [4.78, 5) is 8.71. The van der Waals surface area contributed by atoms with Gasteiger partial charge in [-0.15, -0.1) is 0 Å². The van der Waals surface area contributed by atoms with Crippen LogP contribution >= 0.6 is 9.39 Å². The molecule has 4 heteroatoms. The molecule has 1 atom stereocenters. The summed E-state index contributed by atoms with van der Waals surface area (Å²) < 4.78 is 1.92. The lowest BCUT2D eigenvalue weighted by Crippen LogP contribution is -1.86. The van der Waals surface area contributed by atoms with Gasteiger partial charge < -0.3 is 0 Å². The van der Waals surface area contributed by atoms with Crippen LogP contribution in [0.5, 0.6) is 0 Å². The second-order valence-corrected chi connectivity index (χ2v) is 3.34. The van der Waals surface area contributed by atoms with Crippen LogP contribution in [0.1, 0.15) is 11.5 Å². The molecule has 62 valence electrons. The molecule has 0 radical (unpaired) electrons. The van der Waals surface area contributed by atoms with Gasteiger partial charge in [0.25, 0.3) is 0 Å². The van der Waals surface area contributed by atoms with Gasteiger partial charge in [0.15, 0.2) is 5.65 Å². The Kier molecular flexibility index (Phi) is 1.62. The lowest BCUT2D eigenvalue weighted by atomic mass is 10.4. The molecule has 3 nitrogen and oxygen atoms in total. The fourth-order valence-corrected chi connectivity index (χ4v) is 1.43. The second kappa shape index (κ2) is 2.53. The number of nitrogens with zero attached hydrogens (tertiary/aromatic N) is 3. The van der Waals surface area contributed by atoms with E-state index in [0.717, 1.165) is 22.7 Å². The monoisotopic (exact) mass is 179 g/mol. The lowest BCUT2D eigenvalue weighted by molar-refractivity contribution is 1.10. The van der Waals surface area contributed by atoms with E-state index in [4.69, 9.17) is 0 Å². The number of rotatable bonds is 0. The van der Waals surface area contributed by atoms with Crippen LogP contribution in [0.15, 0.2) is 12.1 Å². The Morgan fingerprint density at radius 2 is 2.00 bits per heavy atom. The number of aryl methyl sites for hydroxylation is 2. The van der Waals surface area contributed by atoms with Gasteiger partial charge in [-0.05, 0) is 35.4 Å². The van der Waals surface area contributed by atoms with Crippen LogP contribution in [-0.2, 0) is 0 Å². The Morgan fingerprint density at radius 3 is 2.75 bits per heavy atom. The lowest BCUT2D eigenvalue weighted by Gasteiger charge is -1.95. The van der Waals surface area contributed by atoms with E-state index in [9.17, 15) is 0 Å². The first-order chi connectivity index (χ1) is 5.68. The van der Waals surface area contributed by atoms with Gasteiger partial charge in [0.2, 0.25) is 0 Å². The summed E-state index contributed by atoms with van der Waals surface area (Å²) in [6.07, 6.45) is 0. The number of pyridine rings is 1. The molecule has 0 bridgehead atoms. The zero-order valence-electron chi connectivity index (χ0n) is 7.07. The van der Waals surface area contributed by atoms with Crippen LogP contribution in [0.25, 0.3) is 11.2 Å². The third kappa shape index (κ3) is 1.01. The van der Waals surface area contributed by atoms with E-state index in [1.165, 1.54) is 0 Å². The molecular weight excluding hydrogens is 169 g/mol. The van der Waals surface area contributed by atoms with Gasteiger partial charge in [-0.25, -0.2) is 9.97 Å².